The molecule has 3 N–H and O–H groups in total. The molecule has 9 heteroatoms. The smallest absolute Gasteiger partial charge is 0.387 e. The maximum atomic E-state index is 12.9. The van der Waals surface area contributed by atoms with Crippen molar-refractivity contribution in [1.82, 2.24) is 10.6 Å². The molecule has 1 amide bonds. The standard InChI is InChI=1S/C23H28F2N4O3/c1-3-10-31-17-9-8-15(20(12-17)32-22(24)25)13-27-23(26-2)28-14-16-11-21(30)29-19-7-5-4-6-18(16)19/h4-9,12,16,22H,3,10-11,13-14H2,1-2H3,(H,29,30)(H2,26,27,28). The number of anilines is 1. The maximum absolute atomic E-state index is 12.9. The van der Waals surface area contributed by atoms with Gasteiger partial charge in [0, 0.05) is 49.8 Å². The van der Waals surface area contributed by atoms with Crippen molar-refractivity contribution in [3.63, 3.8) is 0 Å². The minimum absolute atomic E-state index is 0.00812. The molecule has 0 aromatic heterocycles. The number of alkyl halides is 2. The van der Waals surface area contributed by atoms with Crippen molar-refractivity contribution in [2.45, 2.75) is 38.8 Å². The number of rotatable bonds is 9. The molecule has 0 radical (unpaired) electrons. The summed E-state index contributed by atoms with van der Waals surface area (Å²) in [4.78, 5) is 16.2. The number of nitrogens with one attached hydrogen (secondary N) is 3. The van der Waals surface area contributed by atoms with Gasteiger partial charge in [0.1, 0.15) is 11.5 Å². The number of guanidine groups is 1. The summed E-state index contributed by atoms with van der Waals surface area (Å²) >= 11 is 0. The Balaban J connectivity index is 1.62. The molecule has 1 heterocycles. The summed E-state index contributed by atoms with van der Waals surface area (Å²) in [5, 5.41) is 9.20. The van der Waals surface area contributed by atoms with Crippen molar-refractivity contribution in [1.29, 1.82) is 0 Å². The number of amides is 1. The minimum atomic E-state index is -2.94. The first-order chi connectivity index (χ1) is 15.5. The van der Waals surface area contributed by atoms with E-state index in [1.807, 2.05) is 31.2 Å². The van der Waals surface area contributed by atoms with Crippen LogP contribution in [0, 0.1) is 0 Å². The zero-order chi connectivity index (χ0) is 22.9. The average molecular weight is 446 g/mol. The number of hydrogen-bond donors (Lipinski definition) is 3. The van der Waals surface area contributed by atoms with Gasteiger partial charge < -0.3 is 25.4 Å². The summed E-state index contributed by atoms with van der Waals surface area (Å²) in [5.74, 6) is 0.976. The van der Waals surface area contributed by atoms with Gasteiger partial charge in [-0.25, -0.2) is 0 Å². The summed E-state index contributed by atoms with van der Waals surface area (Å²) in [6, 6.07) is 12.6. The van der Waals surface area contributed by atoms with Crippen molar-refractivity contribution in [3.05, 3.63) is 53.6 Å². The van der Waals surface area contributed by atoms with E-state index in [2.05, 4.69) is 25.7 Å². The van der Waals surface area contributed by atoms with Crippen LogP contribution in [0.5, 0.6) is 11.5 Å². The lowest BCUT2D eigenvalue weighted by Gasteiger charge is -2.26. The number of para-hydroxylation sites is 1. The Morgan fingerprint density at radius 1 is 1.25 bits per heavy atom. The minimum Gasteiger partial charge on any atom is -0.493 e. The number of benzene rings is 2. The van der Waals surface area contributed by atoms with Crippen molar-refractivity contribution in [2.75, 3.05) is 25.5 Å². The summed E-state index contributed by atoms with van der Waals surface area (Å²) in [7, 11) is 1.62. The summed E-state index contributed by atoms with van der Waals surface area (Å²) in [5.41, 5.74) is 2.42. The van der Waals surface area contributed by atoms with E-state index in [4.69, 9.17) is 4.74 Å². The van der Waals surface area contributed by atoms with Crippen molar-refractivity contribution < 1.29 is 23.0 Å². The van der Waals surface area contributed by atoms with Crippen LogP contribution in [0.1, 0.15) is 36.8 Å². The first-order valence-corrected chi connectivity index (χ1v) is 10.5. The van der Waals surface area contributed by atoms with Crippen molar-refractivity contribution in [2.24, 2.45) is 4.99 Å². The second-order valence-corrected chi connectivity index (χ2v) is 7.34. The molecule has 7 nitrogen and oxygen atoms in total. The summed E-state index contributed by atoms with van der Waals surface area (Å²) in [6.45, 7) is 0.229. The first kappa shape index (κ1) is 23.3. The predicted molar refractivity (Wildman–Crippen MR) is 119 cm³/mol. The van der Waals surface area contributed by atoms with E-state index >= 15 is 0 Å². The number of hydrogen-bond acceptors (Lipinski definition) is 4. The Bertz CT molecular complexity index is 953. The van der Waals surface area contributed by atoms with Gasteiger partial charge >= 0.3 is 6.61 Å². The van der Waals surface area contributed by atoms with E-state index in [-0.39, 0.29) is 24.1 Å². The monoisotopic (exact) mass is 446 g/mol. The number of carbonyl (C=O) groups excluding carboxylic acids is 1. The van der Waals surface area contributed by atoms with Crippen LogP contribution >= 0.6 is 0 Å². The van der Waals surface area contributed by atoms with Crippen LogP contribution in [0.4, 0.5) is 14.5 Å². The number of aliphatic imine (C=N–C) groups is 1. The first-order valence-electron chi connectivity index (χ1n) is 10.5. The lowest BCUT2D eigenvalue weighted by Crippen LogP contribution is -2.40. The normalized spacial score (nSPS) is 15.7. The highest BCUT2D eigenvalue weighted by atomic mass is 19.3. The van der Waals surface area contributed by atoms with Gasteiger partial charge in [0.15, 0.2) is 5.96 Å². The molecule has 172 valence electrons. The lowest BCUT2D eigenvalue weighted by atomic mass is 9.90. The molecule has 3 rings (SSSR count). The Kier molecular flexibility index (Phi) is 8.24. The third kappa shape index (κ3) is 6.32. The zero-order valence-electron chi connectivity index (χ0n) is 18.2. The zero-order valence-corrected chi connectivity index (χ0v) is 18.2. The van der Waals surface area contributed by atoms with Crippen LogP contribution < -0.4 is 25.4 Å². The second kappa shape index (κ2) is 11.3. The molecule has 0 bridgehead atoms. The highest BCUT2D eigenvalue weighted by Crippen LogP contribution is 2.31. The number of carbonyl (C=O) groups is 1. The molecule has 0 fully saturated rings. The van der Waals surface area contributed by atoms with E-state index in [1.54, 1.807) is 19.2 Å². The van der Waals surface area contributed by atoms with E-state index in [0.717, 1.165) is 17.7 Å². The van der Waals surface area contributed by atoms with Crippen LogP contribution in [0.25, 0.3) is 0 Å². The molecular formula is C23H28F2N4O3. The van der Waals surface area contributed by atoms with Crippen molar-refractivity contribution >= 4 is 17.6 Å². The van der Waals surface area contributed by atoms with Crippen LogP contribution in [-0.4, -0.2) is 38.7 Å². The Hall–Kier alpha value is -3.36. The van der Waals surface area contributed by atoms with Crippen LogP contribution in [-0.2, 0) is 11.3 Å². The van der Waals surface area contributed by atoms with Gasteiger partial charge in [-0.05, 0) is 30.2 Å². The van der Waals surface area contributed by atoms with E-state index in [1.165, 1.54) is 6.07 Å². The fourth-order valence-corrected chi connectivity index (χ4v) is 3.50. The van der Waals surface area contributed by atoms with Gasteiger partial charge in [-0.1, -0.05) is 25.1 Å². The van der Waals surface area contributed by atoms with E-state index in [0.29, 0.717) is 36.8 Å². The molecule has 0 saturated heterocycles. The van der Waals surface area contributed by atoms with Crippen LogP contribution in [0.15, 0.2) is 47.5 Å². The third-order valence-corrected chi connectivity index (χ3v) is 5.02. The topological polar surface area (TPSA) is 84.0 Å². The molecule has 1 unspecified atom stereocenters. The molecule has 1 atom stereocenters. The lowest BCUT2D eigenvalue weighted by molar-refractivity contribution is -0.116. The SMILES string of the molecule is CCCOc1ccc(CNC(=NC)NCC2CC(=O)Nc3ccccc32)c(OC(F)F)c1. The predicted octanol–water partition coefficient (Wildman–Crippen LogP) is 3.87. The summed E-state index contributed by atoms with van der Waals surface area (Å²) in [6.07, 6.45) is 1.18. The quantitative estimate of drug-likeness (QED) is 0.402. The van der Waals surface area contributed by atoms with E-state index in [9.17, 15) is 13.6 Å². The summed E-state index contributed by atoms with van der Waals surface area (Å²) < 4.78 is 35.9. The molecule has 1 aliphatic rings. The average Bonchev–Trinajstić information content (AvgIpc) is 2.78. The fourth-order valence-electron chi connectivity index (χ4n) is 3.50. The molecule has 0 aliphatic carbocycles. The molecule has 0 spiro atoms. The second-order valence-electron chi connectivity index (χ2n) is 7.34. The molecule has 1 aliphatic heterocycles. The molecule has 2 aromatic carbocycles. The van der Waals surface area contributed by atoms with Gasteiger partial charge in [0.2, 0.25) is 5.91 Å². The Labute approximate surface area is 186 Å². The fraction of sp³-hybridized carbons (Fsp3) is 0.391. The number of nitrogens with zero attached hydrogens (tertiary/aromatic N) is 1. The van der Waals surface area contributed by atoms with Gasteiger partial charge in [0.05, 0.1) is 6.61 Å². The van der Waals surface area contributed by atoms with Crippen molar-refractivity contribution in [3.8, 4) is 11.5 Å². The molecule has 0 saturated carbocycles. The number of ether oxygens (including phenoxy) is 2. The Morgan fingerprint density at radius 3 is 2.81 bits per heavy atom. The van der Waals surface area contributed by atoms with E-state index < -0.39 is 6.61 Å². The van der Waals surface area contributed by atoms with Crippen LogP contribution in [0.3, 0.4) is 0 Å². The highest BCUT2D eigenvalue weighted by Gasteiger charge is 2.24. The third-order valence-electron chi connectivity index (χ3n) is 5.02. The maximum Gasteiger partial charge on any atom is 0.387 e. The van der Waals surface area contributed by atoms with Crippen LogP contribution in [0.2, 0.25) is 0 Å². The molecule has 32 heavy (non-hydrogen) atoms. The Morgan fingerprint density at radius 2 is 2.06 bits per heavy atom. The molecule has 2 aromatic rings. The van der Waals surface area contributed by atoms with Gasteiger partial charge in [-0.15, -0.1) is 0 Å². The largest absolute Gasteiger partial charge is 0.493 e. The van der Waals surface area contributed by atoms with Gasteiger partial charge in [-0.2, -0.15) is 8.78 Å². The molecular weight excluding hydrogens is 418 g/mol. The number of fused-ring (bicyclic) bond motifs is 1. The number of halogens is 2. The van der Waals surface area contributed by atoms with Gasteiger partial charge in [0.25, 0.3) is 0 Å². The highest BCUT2D eigenvalue weighted by molar-refractivity contribution is 5.94. The van der Waals surface area contributed by atoms with Gasteiger partial charge in [-0.3, -0.25) is 9.79 Å².